The van der Waals surface area contributed by atoms with Crippen LogP contribution in [-0.4, -0.2) is 44.3 Å². The lowest BCUT2D eigenvalue weighted by molar-refractivity contribution is 0.102. The van der Waals surface area contributed by atoms with Gasteiger partial charge in [0.25, 0.3) is 5.91 Å². The van der Waals surface area contributed by atoms with Gasteiger partial charge in [-0.05, 0) is 37.3 Å². The summed E-state index contributed by atoms with van der Waals surface area (Å²) >= 11 is 8.66. The van der Waals surface area contributed by atoms with Crippen molar-refractivity contribution < 1.29 is 17.9 Å². The second kappa shape index (κ2) is 8.80. The highest BCUT2D eigenvalue weighted by Crippen LogP contribution is 2.33. The predicted octanol–water partition coefficient (Wildman–Crippen LogP) is 4.43. The van der Waals surface area contributed by atoms with E-state index in [4.69, 9.17) is 16.3 Å². The van der Waals surface area contributed by atoms with Crippen molar-refractivity contribution in [2.24, 2.45) is 0 Å². The molecule has 1 amide bonds. The van der Waals surface area contributed by atoms with E-state index in [1.807, 2.05) is 6.07 Å². The van der Waals surface area contributed by atoms with Gasteiger partial charge >= 0.3 is 0 Å². The van der Waals surface area contributed by atoms with E-state index in [9.17, 15) is 13.2 Å². The van der Waals surface area contributed by atoms with Crippen LogP contribution in [-0.2, 0) is 10.0 Å². The molecule has 3 rings (SSSR count). The number of sulfonamides is 1. The zero-order valence-electron chi connectivity index (χ0n) is 15.8. The maximum atomic E-state index is 12.6. The van der Waals surface area contributed by atoms with Crippen LogP contribution < -0.4 is 10.1 Å². The Morgan fingerprint density at radius 1 is 1.28 bits per heavy atom. The molecule has 0 aliphatic heterocycles. The monoisotopic (exact) mass is 471 g/mol. The Bertz CT molecular complexity index is 1140. The normalized spacial score (nSPS) is 11.6. The van der Waals surface area contributed by atoms with Gasteiger partial charge in [0.05, 0.1) is 15.8 Å². The molecule has 0 bridgehead atoms. The van der Waals surface area contributed by atoms with Crippen LogP contribution in [0.1, 0.15) is 17.4 Å². The molecule has 0 unspecified atom stereocenters. The summed E-state index contributed by atoms with van der Waals surface area (Å²) in [5.74, 6) is -0.211. The number of thiophene rings is 1. The van der Waals surface area contributed by atoms with Crippen LogP contribution in [0.2, 0.25) is 4.34 Å². The molecular formula is C18H18ClN3O4S3. The minimum absolute atomic E-state index is 0.0191. The molecule has 2 aromatic heterocycles. The predicted molar refractivity (Wildman–Crippen MR) is 117 cm³/mol. The SMILES string of the molecule is CCOc1ccc(NC(=O)c2csc(-c3ccc(Cl)s3)n2)cc1S(=O)(=O)N(C)C. The third-order valence-electron chi connectivity index (χ3n) is 3.78. The summed E-state index contributed by atoms with van der Waals surface area (Å²) in [7, 11) is -0.881. The van der Waals surface area contributed by atoms with Crippen molar-refractivity contribution >= 4 is 55.9 Å². The molecule has 2 heterocycles. The first-order chi connectivity index (χ1) is 13.7. The Balaban J connectivity index is 1.86. The molecule has 1 aromatic carbocycles. The number of anilines is 1. The Hall–Kier alpha value is -1.98. The van der Waals surface area contributed by atoms with Gasteiger partial charge in [-0.25, -0.2) is 17.7 Å². The van der Waals surface area contributed by atoms with Gasteiger partial charge in [0, 0.05) is 25.2 Å². The quantitative estimate of drug-likeness (QED) is 0.550. The molecule has 11 heteroatoms. The number of halogens is 1. The first-order valence-electron chi connectivity index (χ1n) is 8.44. The Morgan fingerprint density at radius 2 is 2.03 bits per heavy atom. The van der Waals surface area contributed by atoms with E-state index in [2.05, 4.69) is 10.3 Å². The van der Waals surface area contributed by atoms with Crippen LogP contribution in [0.3, 0.4) is 0 Å². The summed E-state index contributed by atoms with van der Waals surface area (Å²) in [5.41, 5.74) is 0.563. The summed E-state index contributed by atoms with van der Waals surface area (Å²) in [6.07, 6.45) is 0. The van der Waals surface area contributed by atoms with Crippen molar-refractivity contribution in [3.05, 3.63) is 45.7 Å². The van der Waals surface area contributed by atoms with Crippen molar-refractivity contribution in [2.45, 2.75) is 11.8 Å². The van der Waals surface area contributed by atoms with Crippen LogP contribution in [0.25, 0.3) is 9.88 Å². The van der Waals surface area contributed by atoms with E-state index in [0.717, 1.165) is 9.18 Å². The molecule has 3 aromatic rings. The molecule has 29 heavy (non-hydrogen) atoms. The Kier molecular flexibility index (Phi) is 6.59. The fraction of sp³-hybridized carbons (Fsp3) is 0.222. The lowest BCUT2D eigenvalue weighted by Gasteiger charge is -2.16. The molecular weight excluding hydrogens is 454 g/mol. The number of nitrogens with zero attached hydrogens (tertiary/aromatic N) is 2. The number of hydrogen-bond acceptors (Lipinski definition) is 7. The molecule has 0 fully saturated rings. The highest BCUT2D eigenvalue weighted by Gasteiger charge is 2.23. The maximum absolute atomic E-state index is 12.6. The van der Waals surface area contributed by atoms with Crippen LogP contribution in [0.4, 0.5) is 5.69 Å². The van der Waals surface area contributed by atoms with E-state index in [0.29, 0.717) is 21.6 Å². The van der Waals surface area contributed by atoms with Gasteiger partial charge in [0.15, 0.2) is 0 Å². The van der Waals surface area contributed by atoms with Gasteiger partial charge in [-0.1, -0.05) is 11.6 Å². The molecule has 154 valence electrons. The third-order valence-corrected chi connectivity index (χ3v) is 7.86. The number of rotatable bonds is 7. The largest absolute Gasteiger partial charge is 0.492 e. The smallest absolute Gasteiger partial charge is 0.275 e. The number of thiazole rings is 1. The number of nitrogens with one attached hydrogen (secondary N) is 1. The first-order valence-corrected chi connectivity index (χ1v) is 12.0. The van der Waals surface area contributed by atoms with Crippen molar-refractivity contribution in [1.29, 1.82) is 0 Å². The number of hydrogen-bond donors (Lipinski definition) is 1. The number of carbonyl (C=O) groups excluding carboxylic acids is 1. The van der Waals surface area contributed by atoms with Crippen LogP contribution in [0.15, 0.2) is 40.6 Å². The first kappa shape index (κ1) is 21.7. The van der Waals surface area contributed by atoms with Gasteiger partial charge < -0.3 is 10.1 Å². The zero-order valence-corrected chi connectivity index (χ0v) is 19.0. The number of aromatic nitrogens is 1. The third kappa shape index (κ3) is 4.78. The van der Waals surface area contributed by atoms with E-state index in [1.165, 1.54) is 48.9 Å². The van der Waals surface area contributed by atoms with Gasteiger partial charge in [0.2, 0.25) is 10.0 Å². The standard InChI is InChI=1S/C18H18ClN3O4S3/c1-4-26-13-6-5-11(9-15(13)29(24,25)22(2)3)20-17(23)12-10-27-18(21-12)14-7-8-16(19)28-14/h5-10H,4H2,1-3H3,(H,20,23). The van der Waals surface area contributed by atoms with E-state index < -0.39 is 15.9 Å². The molecule has 0 saturated heterocycles. The average molecular weight is 472 g/mol. The molecule has 7 nitrogen and oxygen atoms in total. The molecule has 0 saturated carbocycles. The summed E-state index contributed by atoms with van der Waals surface area (Å²) in [6.45, 7) is 2.08. The lowest BCUT2D eigenvalue weighted by atomic mass is 10.3. The van der Waals surface area contributed by atoms with Gasteiger partial charge in [-0.15, -0.1) is 22.7 Å². The Morgan fingerprint density at radius 3 is 2.66 bits per heavy atom. The summed E-state index contributed by atoms with van der Waals surface area (Å²) < 4.78 is 32.4. The summed E-state index contributed by atoms with van der Waals surface area (Å²) in [6, 6.07) is 8.11. The summed E-state index contributed by atoms with van der Waals surface area (Å²) in [4.78, 5) is 17.8. The lowest BCUT2D eigenvalue weighted by Crippen LogP contribution is -2.23. The number of ether oxygens (including phenoxy) is 1. The molecule has 0 aliphatic rings. The van der Waals surface area contributed by atoms with Crippen LogP contribution in [0, 0.1) is 0 Å². The van der Waals surface area contributed by atoms with Gasteiger partial charge in [-0.2, -0.15) is 0 Å². The van der Waals surface area contributed by atoms with Crippen molar-refractivity contribution in [2.75, 3.05) is 26.0 Å². The maximum Gasteiger partial charge on any atom is 0.275 e. The molecule has 0 radical (unpaired) electrons. The van der Waals surface area contributed by atoms with Gasteiger partial charge in [-0.3, -0.25) is 4.79 Å². The minimum Gasteiger partial charge on any atom is -0.492 e. The highest BCUT2D eigenvalue weighted by atomic mass is 35.5. The van der Waals surface area contributed by atoms with Crippen molar-refractivity contribution in [3.63, 3.8) is 0 Å². The molecule has 0 aliphatic carbocycles. The van der Waals surface area contributed by atoms with E-state index in [-0.39, 0.29) is 16.3 Å². The number of carbonyl (C=O) groups is 1. The average Bonchev–Trinajstić information content (AvgIpc) is 3.32. The fourth-order valence-corrected chi connectivity index (χ4v) is 5.34. The minimum atomic E-state index is -3.75. The highest BCUT2D eigenvalue weighted by molar-refractivity contribution is 7.89. The Labute approximate surface area is 182 Å². The summed E-state index contributed by atoms with van der Waals surface area (Å²) in [5, 5.41) is 5.03. The fourth-order valence-electron chi connectivity index (χ4n) is 2.37. The van der Waals surface area contributed by atoms with Crippen LogP contribution >= 0.6 is 34.3 Å². The number of amides is 1. The molecule has 1 N–H and O–H groups in total. The van der Waals surface area contributed by atoms with Crippen molar-refractivity contribution in [1.82, 2.24) is 9.29 Å². The molecule has 0 spiro atoms. The van der Waals surface area contributed by atoms with E-state index in [1.54, 1.807) is 24.4 Å². The van der Waals surface area contributed by atoms with Crippen molar-refractivity contribution in [3.8, 4) is 15.6 Å². The van der Waals surface area contributed by atoms with E-state index >= 15 is 0 Å². The molecule has 0 atom stereocenters. The van der Waals surface area contributed by atoms with Crippen LogP contribution in [0.5, 0.6) is 5.75 Å². The number of benzene rings is 1. The van der Waals surface area contributed by atoms with Gasteiger partial charge in [0.1, 0.15) is 21.3 Å². The topological polar surface area (TPSA) is 88.6 Å². The second-order valence-corrected chi connectivity index (χ2v) is 10.7. The zero-order chi connectivity index (χ0) is 21.2. The second-order valence-electron chi connectivity index (χ2n) is 5.98.